The molecule has 104 valence electrons. The van der Waals surface area contributed by atoms with E-state index < -0.39 is 0 Å². The number of hydrogen-bond acceptors (Lipinski definition) is 4. The van der Waals surface area contributed by atoms with Crippen LogP contribution >= 0.6 is 11.3 Å². The Kier molecular flexibility index (Phi) is 3.35. The molecule has 2 fully saturated rings. The first-order valence-corrected chi connectivity index (χ1v) is 7.86. The van der Waals surface area contributed by atoms with Crippen molar-refractivity contribution >= 4 is 17.2 Å². The normalized spacial score (nSPS) is 27.6. The number of carbonyl (C=O) groups is 1. The lowest BCUT2D eigenvalue weighted by atomic mass is 10.0. The molecular formula is C14H21N3OS. The minimum absolute atomic E-state index is 0.224. The Balaban J connectivity index is 1.65. The van der Waals surface area contributed by atoms with Crippen LogP contribution in [0.25, 0.3) is 0 Å². The highest BCUT2D eigenvalue weighted by atomic mass is 32.1. The van der Waals surface area contributed by atoms with E-state index in [-0.39, 0.29) is 5.92 Å². The van der Waals surface area contributed by atoms with Crippen molar-refractivity contribution < 1.29 is 4.79 Å². The molecule has 2 aliphatic rings. The van der Waals surface area contributed by atoms with Gasteiger partial charge in [-0.2, -0.15) is 0 Å². The number of fused-ring (bicyclic) bond motifs is 1. The quantitative estimate of drug-likeness (QED) is 0.846. The topological polar surface area (TPSA) is 36.4 Å². The van der Waals surface area contributed by atoms with Crippen LogP contribution in [0, 0.1) is 18.8 Å². The first-order valence-electron chi connectivity index (χ1n) is 6.98. The number of nitrogens with zero attached hydrogens (tertiary/aromatic N) is 3. The molecule has 0 spiro atoms. The molecule has 0 aliphatic carbocycles. The lowest BCUT2D eigenvalue weighted by Crippen LogP contribution is -2.35. The van der Waals surface area contributed by atoms with Crippen molar-refractivity contribution in [1.82, 2.24) is 14.8 Å². The fraction of sp³-hybridized carbons (Fsp3) is 0.714. The van der Waals surface area contributed by atoms with Crippen LogP contribution in [0.15, 0.2) is 5.38 Å². The highest BCUT2D eigenvalue weighted by molar-refractivity contribution is 7.09. The molecule has 0 saturated carbocycles. The fourth-order valence-electron chi connectivity index (χ4n) is 3.22. The zero-order chi connectivity index (χ0) is 13.6. The standard InChI is InChI=1S/C14H21N3OS/c1-9(2)16-4-11-5-17(14(18)13(11)7-16)6-12-8-19-10(3)15-12/h8-9,11,13H,4-7H2,1-3H3/t11-,13-/m0/s1. The third-order valence-electron chi connectivity index (χ3n) is 4.30. The summed E-state index contributed by atoms with van der Waals surface area (Å²) in [4.78, 5) is 21.3. The van der Waals surface area contributed by atoms with Crippen LogP contribution in [-0.2, 0) is 11.3 Å². The van der Waals surface area contributed by atoms with Crippen molar-refractivity contribution in [2.45, 2.75) is 33.4 Å². The van der Waals surface area contributed by atoms with Gasteiger partial charge in [0.2, 0.25) is 5.91 Å². The molecule has 0 unspecified atom stereocenters. The second-order valence-electron chi connectivity index (χ2n) is 5.99. The molecule has 3 rings (SSSR count). The van der Waals surface area contributed by atoms with Gasteiger partial charge in [0.15, 0.2) is 0 Å². The molecule has 0 bridgehead atoms. The predicted molar refractivity (Wildman–Crippen MR) is 76.0 cm³/mol. The van der Waals surface area contributed by atoms with Crippen molar-refractivity contribution in [2.24, 2.45) is 11.8 Å². The van der Waals surface area contributed by atoms with E-state index in [1.807, 2.05) is 11.8 Å². The highest BCUT2D eigenvalue weighted by Crippen LogP contribution is 2.33. The van der Waals surface area contributed by atoms with Gasteiger partial charge in [-0.15, -0.1) is 11.3 Å². The number of aryl methyl sites for hydroxylation is 1. The molecule has 3 heterocycles. The van der Waals surface area contributed by atoms with Crippen molar-refractivity contribution in [3.63, 3.8) is 0 Å². The summed E-state index contributed by atoms with van der Waals surface area (Å²) in [5.41, 5.74) is 1.04. The Morgan fingerprint density at radius 1 is 1.42 bits per heavy atom. The maximum absolute atomic E-state index is 12.4. The van der Waals surface area contributed by atoms with Crippen LogP contribution in [0.5, 0.6) is 0 Å². The van der Waals surface area contributed by atoms with Crippen LogP contribution in [-0.4, -0.2) is 46.4 Å². The molecule has 2 saturated heterocycles. The molecule has 1 aromatic heterocycles. The second-order valence-corrected chi connectivity index (χ2v) is 7.05. The molecule has 5 heteroatoms. The summed E-state index contributed by atoms with van der Waals surface area (Å²) >= 11 is 1.66. The molecule has 2 atom stereocenters. The van der Waals surface area contributed by atoms with Gasteiger partial charge >= 0.3 is 0 Å². The van der Waals surface area contributed by atoms with Crippen LogP contribution in [0.4, 0.5) is 0 Å². The predicted octanol–water partition coefficient (Wildman–Crippen LogP) is 1.75. The van der Waals surface area contributed by atoms with E-state index in [9.17, 15) is 4.79 Å². The van der Waals surface area contributed by atoms with Crippen LogP contribution in [0.1, 0.15) is 24.5 Å². The molecule has 1 amide bonds. The summed E-state index contributed by atoms with van der Waals surface area (Å²) in [6.07, 6.45) is 0. The average Bonchev–Trinajstić information content (AvgIpc) is 2.99. The minimum Gasteiger partial charge on any atom is -0.336 e. The Morgan fingerprint density at radius 3 is 2.79 bits per heavy atom. The maximum Gasteiger partial charge on any atom is 0.227 e. The first kappa shape index (κ1) is 13.1. The van der Waals surface area contributed by atoms with Crippen molar-refractivity contribution in [2.75, 3.05) is 19.6 Å². The van der Waals surface area contributed by atoms with Gasteiger partial charge in [0, 0.05) is 37.0 Å². The number of rotatable bonds is 3. The fourth-order valence-corrected chi connectivity index (χ4v) is 3.82. The Hall–Kier alpha value is -0.940. The third kappa shape index (κ3) is 2.41. The van der Waals surface area contributed by atoms with Crippen LogP contribution in [0.3, 0.4) is 0 Å². The Labute approximate surface area is 118 Å². The summed E-state index contributed by atoms with van der Waals surface area (Å²) in [6, 6.07) is 0.549. The minimum atomic E-state index is 0.224. The maximum atomic E-state index is 12.4. The Bertz CT molecular complexity index is 485. The largest absolute Gasteiger partial charge is 0.336 e. The van der Waals surface area contributed by atoms with E-state index >= 15 is 0 Å². The van der Waals surface area contributed by atoms with Gasteiger partial charge in [0.05, 0.1) is 23.2 Å². The molecule has 1 aromatic rings. The molecule has 0 N–H and O–H groups in total. The monoisotopic (exact) mass is 279 g/mol. The molecule has 19 heavy (non-hydrogen) atoms. The van der Waals surface area contributed by atoms with Crippen LogP contribution in [0.2, 0.25) is 0 Å². The first-order chi connectivity index (χ1) is 9.04. The number of amides is 1. The zero-order valence-electron chi connectivity index (χ0n) is 11.8. The van der Waals surface area contributed by atoms with E-state index in [1.165, 1.54) is 0 Å². The number of hydrogen-bond donors (Lipinski definition) is 0. The van der Waals surface area contributed by atoms with Gasteiger partial charge in [0.25, 0.3) is 0 Å². The van der Waals surface area contributed by atoms with E-state index in [4.69, 9.17) is 0 Å². The molecule has 0 aromatic carbocycles. The molecule has 2 aliphatic heterocycles. The molecule has 0 radical (unpaired) electrons. The molecular weight excluding hydrogens is 258 g/mol. The smallest absolute Gasteiger partial charge is 0.227 e. The van der Waals surface area contributed by atoms with Crippen LogP contribution < -0.4 is 0 Å². The van der Waals surface area contributed by atoms with E-state index in [0.29, 0.717) is 24.4 Å². The summed E-state index contributed by atoms with van der Waals surface area (Å²) in [5, 5.41) is 3.14. The summed E-state index contributed by atoms with van der Waals surface area (Å²) < 4.78 is 0. The SMILES string of the molecule is Cc1nc(CN2C[C@@H]3CN(C(C)C)C[C@@H]3C2=O)cs1. The van der Waals surface area contributed by atoms with Gasteiger partial charge in [-0.25, -0.2) is 4.98 Å². The average molecular weight is 279 g/mol. The van der Waals surface area contributed by atoms with Crippen molar-refractivity contribution in [1.29, 1.82) is 0 Å². The Morgan fingerprint density at radius 2 is 2.21 bits per heavy atom. The van der Waals surface area contributed by atoms with E-state index in [1.54, 1.807) is 11.3 Å². The van der Waals surface area contributed by atoms with Gasteiger partial charge in [-0.3, -0.25) is 9.69 Å². The van der Waals surface area contributed by atoms with Gasteiger partial charge < -0.3 is 4.90 Å². The van der Waals surface area contributed by atoms with E-state index in [2.05, 4.69) is 29.1 Å². The summed E-state index contributed by atoms with van der Waals surface area (Å²) in [7, 11) is 0. The zero-order valence-corrected chi connectivity index (χ0v) is 12.6. The molecule has 4 nitrogen and oxygen atoms in total. The number of likely N-dealkylation sites (tertiary alicyclic amines) is 2. The van der Waals surface area contributed by atoms with Gasteiger partial charge in [-0.1, -0.05) is 0 Å². The lowest BCUT2D eigenvalue weighted by Gasteiger charge is -2.23. The lowest BCUT2D eigenvalue weighted by molar-refractivity contribution is -0.131. The summed E-state index contributed by atoms with van der Waals surface area (Å²) in [5.74, 6) is 1.08. The second kappa shape index (κ2) is 4.87. The van der Waals surface area contributed by atoms with Gasteiger partial charge in [-0.05, 0) is 20.8 Å². The number of thiazole rings is 1. The highest BCUT2D eigenvalue weighted by Gasteiger charge is 2.46. The third-order valence-corrected chi connectivity index (χ3v) is 5.13. The summed E-state index contributed by atoms with van der Waals surface area (Å²) in [6.45, 7) is 10.0. The number of aromatic nitrogens is 1. The van der Waals surface area contributed by atoms with Crippen molar-refractivity contribution in [3.8, 4) is 0 Å². The van der Waals surface area contributed by atoms with Gasteiger partial charge in [0.1, 0.15) is 0 Å². The van der Waals surface area contributed by atoms with E-state index in [0.717, 1.165) is 30.3 Å². The number of carbonyl (C=O) groups excluding carboxylic acids is 1. The van der Waals surface area contributed by atoms with Crippen molar-refractivity contribution in [3.05, 3.63) is 16.1 Å².